The normalized spacial score (nSPS) is 14.6. The molecule has 1 fully saturated rings. The van der Waals surface area contributed by atoms with Crippen molar-refractivity contribution < 1.29 is 9.53 Å². The molecule has 0 atom stereocenters. The number of ether oxygens (including phenoxy) is 1. The Bertz CT molecular complexity index is 1000. The number of morpholine rings is 1. The highest BCUT2D eigenvalue weighted by Crippen LogP contribution is 2.33. The van der Waals surface area contributed by atoms with Crippen molar-refractivity contribution in [1.82, 2.24) is 20.2 Å². The summed E-state index contributed by atoms with van der Waals surface area (Å²) in [6, 6.07) is 10.5. The molecule has 1 saturated heterocycles. The van der Waals surface area contributed by atoms with E-state index >= 15 is 0 Å². The van der Waals surface area contributed by atoms with Gasteiger partial charge in [0, 0.05) is 32.7 Å². The quantitative estimate of drug-likeness (QED) is 0.499. The fraction of sp³-hybridized carbons (Fsp3) is 0.435. The van der Waals surface area contributed by atoms with Crippen LogP contribution in [0.3, 0.4) is 0 Å². The number of aromatic nitrogens is 2. The number of benzene rings is 1. The maximum Gasteiger partial charge on any atom is 0.261 e. The van der Waals surface area contributed by atoms with Crippen molar-refractivity contribution >= 4 is 33.3 Å². The zero-order valence-electron chi connectivity index (χ0n) is 17.9. The molecule has 164 valence electrons. The van der Waals surface area contributed by atoms with E-state index in [4.69, 9.17) is 4.74 Å². The number of amides is 1. The highest BCUT2D eigenvalue weighted by molar-refractivity contribution is 7.20. The topological polar surface area (TPSA) is 79.4 Å². The van der Waals surface area contributed by atoms with Crippen molar-refractivity contribution in [3.8, 4) is 0 Å². The number of hydrogen-bond acceptors (Lipinski definition) is 7. The number of carbonyl (C=O) groups is 1. The average molecular weight is 440 g/mol. The second kappa shape index (κ2) is 10.7. The van der Waals surface area contributed by atoms with Crippen LogP contribution >= 0.6 is 11.3 Å². The lowest BCUT2D eigenvalue weighted by Gasteiger charge is -2.26. The minimum absolute atomic E-state index is 0.0382. The van der Waals surface area contributed by atoms with Crippen LogP contribution in [-0.4, -0.2) is 66.7 Å². The van der Waals surface area contributed by atoms with Crippen LogP contribution in [0.5, 0.6) is 0 Å². The van der Waals surface area contributed by atoms with Crippen molar-refractivity contribution in [3.05, 3.63) is 52.7 Å². The molecule has 0 unspecified atom stereocenters. The lowest BCUT2D eigenvalue weighted by atomic mass is 10.1. The molecule has 1 aliphatic rings. The Kier molecular flexibility index (Phi) is 7.45. The SMILES string of the molecule is Cc1c(C(=O)NCCN2CCOCC2)sc2ncnc(NCCCc3ccccc3)c12. The van der Waals surface area contributed by atoms with Gasteiger partial charge in [-0.1, -0.05) is 30.3 Å². The Morgan fingerprint density at radius 3 is 2.77 bits per heavy atom. The van der Waals surface area contributed by atoms with Crippen molar-refractivity contribution in [2.45, 2.75) is 19.8 Å². The number of nitrogens with one attached hydrogen (secondary N) is 2. The fourth-order valence-electron chi connectivity index (χ4n) is 3.80. The van der Waals surface area contributed by atoms with E-state index in [9.17, 15) is 4.79 Å². The third-order valence-corrected chi connectivity index (χ3v) is 6.73. The summed E-state index contributed by atoms with van der Waals surface area (Å²) < 4.78 is 5.37. The Morgan fingerprint density at radius 2 is 1.97 bits per heavy atom. The molecule has 0 bridgehead atoms. The number of nitrogens with zero attached hydrogens (tertiary/aromatic N) is 3. The van der Waals surface area contributed by atoms with Crippen LogP contribution in [0.15, 0.2) is 36.7 Å². The number of thiophene rings is 1. The van der Waals surface area contributed by atoms with Gasteiger partial charge < -0.3 is 15.4 Å². The third kappa shape index (κ3) is 5.58. The van der Waals surface area contributed by atoms with Crippen LogP contribution < -0.4 is 10.6 Å². The molecule has 0 saturated carbocycles. The fourth-order valence-corrected chi connectivity index (χ4v) is 4.86. The molecule has 1 aliphatic heterocycles. The Morgan fingerprint density at radius 1 is 1.16 bits per heavy atom. The first-order valence-electron chi connectivity index (χ1n) is 10.8. The molecule has 7 nitrogen and oxygen atoms in total. The van der Waals surface area contributed by atoms with Crippen LogP contribution in [0.2, 0.25) is 0 Å². The number of rotatable bonds is 9. The Labute approximate surface area is 186 Å². The summed E-state index contributed by atoms with van der Waals surface area (Å²) in [6.45, 7) is 7.65. The third-order valence-electron chi connectivity index (χ3n) is 5.53. The molecule has 31 heavy (non-hydrogen) atoms. The lowest BCUT2D eigenvalue weighted by molar-refractivity contribution is 0.0383. The van der Waals surface area contributed by atoms with Gasteiger partial charge in [0.1, 0.15) is 17.0 Å². The van der Waals surface area contributed by atoms with Crippen molar-refractivity contribution in [1.29, 1.82) is 0 Å². The number of anilines is 1. The molecule has 3 aromatic rings. The number of hydrogen-bond donors (Lipinski definition) is 2. The summed E-state index contributed by atoms with van der Waals surface area (Å²) in [5.41, 5.74) is 2.27. The summed E-state index contributed by atoms with van der Waals surface area (Å²) in [4.78, 5) is 25.5. The maximum absolute atomic E-state index is 12.8. The number of carbonyl (C=O) groups excluding carboxylic acids is 1. The molecular formula is C23H29N5O2S. The van der Waals surface area contributed by atoms with Gasteiger partial charge in [0.05, 0.1) is 23.5 Å². The van der Waals surface area contributed by atoms with Gasteiger partial charge >= 0.3 is 0 Å². The second-order valence-electron chi connectivity index (χ2n) is 7.68. The molecule has 3 heterocycles. The molecular weight excluding hydrogens is 410 g/mol. The van der Waals surface area contributed by atoms with Crippen LogP contribution in [0.1, 0.15) is 27.2 Å². The molecule has 0 spiro atoms. The van der Waals surface area contributed by atoms with E-state index in [2.05, 4.69) is 49.8 Å². The monoisotopic (exact) mass is 439 g/mol. The first kappa shape index (κ1) is 21.7. The zero-order valence-corrected chi connectivity index (χ0v) is 18.7. The second-order valence-corrected chi connectivity index (χ2v) is 8.68. The van der Waals surface area contributed by atoms with E-state index in [1.807, 2.05) is 13.0 Å². The van der Waals surface area contributed by atoms with E-state index in [1.54, 1.807) is 6.33 Å². The van der Waals surface area contributed by atoms with E-state index in [0.717, 1.165) is 73.8 Å². The van der Waals surface area contributed by atoms with Crippen LogP contribution in [0.25, 0.3) is 10.2 Å². The lowest BCUT2D eigenvalue weighted by Crippen LogP contribution is -2.41. The molecule has 8 heteroatoms. The van der Waals surface area contributed by atoms with Gasteiger partial charge in [0.15, 0.2) is 0 Å². The predicted octanol–water partition coefficient (Wildman–Crippen LogP) is 3.11. The minimum Gasteiger partial charge on any atom is -0.379 e. The van der Waals surface area contributed by atoms with Gasteiger partial charge in [-0.2, -0.15) is 0 Å². The van der Waals surface area contributed by atoms with E-state index in [-0.39, 0.29) is 5.91 Å². The highest BCUT2D eigenvalue weighted by atomic mass is 32.1. The molecule has 1 amide bonds. The van der Waals surface area contributed by atoms with Crippen LogP contribution in [0, 0.1) is 6.92 Å². The number of aryl methyl sites for hydroxylation is 2. The molecule has 0 aliphatic carbocycles. The first-order chi connectivity index (χ1) is 15.2. The average Bonchev–Trinajstić information content (AvgIpc) is 3.15. The summed E-state index contributed by atoms with van der Waals surface area (Å²) in [5, 5.41) is 7.45. The Hall–Kier alpha value is -2.55. The van der Waals surface area contributed by atoms with Gasteiger partial charge in [-0.3, -0.25) is 9.69 Å². The van der Waals surface area contributed by atoms with Gasteiger partial charge in [0.2, 0.25) is 0 Å². The smallest absolute Gasteiger partial charge is 0.261 e. The van der Waals surface area contributed by atoms with E-state index < -0.39 is 0 Å². The van der Waals surface area contributed by atoms with Crippen molar-refractivity contribution in [2.24, 2.45) is 0 Å². The van der Waals surface area contributed by atoms with Crippen molar-refractivity contribution in [2.75, 3.05) is 51.3 Å². The zero-order chi connectivity index (χ0) is 21.5. The molecule has 1 aromatic carbocycles. The first-order valence-corrected chi connectivity index (χ1v) is 11.6. The molecule has 2 N–H and O–H groups in total. The maximum atomic E-state index is 12.8. The minimum atomic E-state index is -0.0382. The van der Waals surface area contributed by atoms with E-state index in [1.165, 1.54) is 16.9 Å². The van der Waals surface area contributed by atoms with Gasteiger partial charge in [-0.15, -0.1) is 11.3 Å². The predicted molar refractivity (Wildman–Crippen MR) is 125 cm³/mol. The summed E-state index contributed by atoms with van der Waals surface area (Å²) in [5.74, 6) is 0.767. The largest absolute Gasteiger partial charge is 0.379 e. The van der Waals surface area contributed by atoms with Gasteiger partial charge in [0.25, 0.3) is 5.91 Å². The van der Waals surface area contributed by atoms with Gasteiger partial charge in [-0.25, -0.2) is 9.97 Å². The summed E-state index contributed by atoms with van der Waals surface area (Å²) in [7, 11) is 0. The van der Waals surface area contributed by atoms with E-state index in [0.29, 0.717) is 11.4 Å². The number of fused-ring (bicyclic) bond motifs is 1. The Balaban J connectivity index is 1.35. The van der Waals surface area contributed by atoms with Crippen LogP contribution in [0.4, 0.5) is 5.82 Å². The van der Waals surface area contributed by atoms with Crippen LogP contribution in [-0.2, 0) is 11.2 Å². The molecule has 2 aromatic heterocycles. The molecule has 4 rings (SSSR count). The summed E-state index contributed by atoms with van der Waals surface area (Å²) >= 11 is 1.43. The van der Waals surface area contributed by atoms with Gasteiger partial charge in [-0.05, 0) is 30.9 Å². The standard InChI is InChI=1S/C23H29N5O2S/c1-17-19-21(24-9-5-8-18-6-3-2-4-7-18)26-16-27-23(19)31-20(17)22(29)25-10-11-28-12-14-30-15-13-28/h2-4,6-7,16H,5,8-15H2,1H3,(H,25,29)(H,24,26,27). The highest BCUT2D eigenvalue weighted by Gasteiger charge is 2.19. The summed E-state index contributed by atoms with van der Waals surface area (Å²) in [6.07, 6.45) is 3.59. The van der Waals surface area contributed by atoms with Crippen molar-refractivity contribution in [3.63, 3.8) is 0 Å². The molecule has 0 radical (unpaired) electrons.